The van der Waals surface area contributed by atoms with Crippen LogP contribution >= 0.6 is 23.4 Å². The monoisotopic (exact) mass is 349 g/mol. The zero-order chi connectivity index (χ0) is 16.7. The van der Waals surface area contributed by atoms with Crippen LogP contribution in [0.15, 0.2) is 53.4 Å². The maximum absolute atomic E-state index is 11.8. The third-order valence-electron chi connectivity index (χ3n) is 2.89. The molecule has 0 saturated heterocycles. The highest BCUT2D eigenvalue weighted by Gasteiger charge is 2.03. The van der Waals surface area contributed by atoms with Crippen LogP contribution in [0.2, 0.25) is 5.02 Å². The number of rotatable bonds is 6. The van der Waals surface area contributed by atoms with Gasteiger partial charge in [-0.3, -0.25) is 4.79 Å². The number of halogens is 1. The lowest BCUT2D eigenvalue weighted by Crippen LogP contribution is -2.24. The molecule has 23 heavy (non-hydrogen) atoms. The number of carbonyl (C=O) groups is 2. The van der Waals surface area contributed by atoms with E-state index in [0.29, 0.717) is 23.0 Å². The average Bonchev–Trinajstić information content (AvgIpc) is 2.53. The summed E-state index contributed by atoms with van der Waals surface area (Å²) in [5, 5.41) is 6.00. The van der Waals surface area contributed by atoms with Gasteiger partial charge in [-0.2, -0.15) is 0 Å². The number of primary amides is 1. The van der Waals surface area contributed by atoms with Crippen molar-refractivity contribution in [3.8, 4) is 0 Å². The van der Waals surface area contributed by atoms with Crippen LogP contribution in [0.3, 0.4) is 0 Å². The van der Waals surface area contributed by atoms with Gasteiger partial charge in [0.05, 0.1) is 5.75 Å². The number of urea groups is 1. The van der Waals surface area contributed by atoms with Gasteiger partial charge >= 0.3 is 6.03 Å². The normalized spacial score (nSPS) is 10.1. The lowest BCUT2D eigenvalue weighted by Gasteiger charge is -2.07. The molecule has 0 radical (unpaired) electrons. The molecule has 2 aromatic rings. The van der Waals surface area contributed by atoms with E-state index in [1.54, 1.807) is 24.3 Å². The lowest BCUT2D eigenvalue weighted by atomic mass is 10.2. The fraction of sp³-hybridized carbons (Fsp3) is 0.125. The first-order chi connectivity index (χ1) is 11.0. The van der Waals surface area contributed by atoms with Crippen molar-refractivity contribution in [2.24, 2.45) is 5.73 Å². The van der Waals surface area contributed by atoms with E-state index >= 15 is 0 Å². The molecule has 0 atom stereocenters. The molecule has 0 aromatic heterocycles. The average molecular weight is 350 g/mol. The summed E-state index contributed by atoms with van der Waals surface area (Å²) in [7, 11) is 0. The minimum Gasteiger partial charge on any atom is -0.351 e. The minimum atomic E-state index is -0.606. The topological polar surface area (TPSA) is 84.2 Å². The van der Waals surface area contributed by atoms with Crippen LogP contribution < -0.4 is 16.4 Å². The van der Waals surface area contributed by atoms with Crippen molar-refractivity contribution < 1.29 is 9.59 Å². The Morgan fingerprint density at radius 1 is 1.04 bits per heavy atom. The third-order valence-corrected chi connectivity index (χ3v) is 4.16. The molecule has 7 heteroatoms. The largest absolute Gasteiger partial charge is 0.351 e. The number of nitrogens with one attached hydrogen (secondary N) is 2. The Hall–Kier alpha value is -2.18. The van der Waals surface area contributed by atoms with Crippen LogP contribution in [0.25, 0.3) is 0 Å². The van der Waals surface area contributed by atoms with Gasteiger partial charge in [0, 0.05) is 22.2 Å². The van der Waals surface area contributed by atoms with E-state index in [1.165, 1.54) is 11.8 Å². The van der Waals surface area contributed by atoms with Gasteiger partial charge in [0.25, 0.3) is 0 Å². The molecule has 4 N–H and O–H groups in total. The Kier molecular flexibility index (Phi) is 6.31. The fourth-order valence-corrected chi connectivity index (χ4v) is 2.63. The minimum absolute atomic E-state index is 0.0516. The Morgan fingerprint density at radius 2 is 1.70 bits per heavy atom. The Labute approximate surface area is 143 Å². The number of benzene rings is 2. The summed E-state index contributed by atoms with van der Waals surface area (Å²) in [4.78, 5) is 23.6. The van der Waals surface area contributed by atoms with Crippen molar-refractivity contribution >= 4 is 41.0 Å². The molecule has 0 saturated carbocycles. The molecule has 0 bridgehead atoms. The van der Waals surface area contributed by atoms with E-state index in [4.69, 9.17) is 17.3 Å². The molecule has 0 heterocycles. The summed E-state index contributed by atoms with van der Waals surface area (Å²) < 4.78 is 0. The summed E-state index contributed by atoms with van der Waals surface area (Å²) in [5.41, 5.74) is 6.59. The number of nitrogens with two attached hydrogens (primary N) is 1. The molecule has 2 aromatic carbocycles. The molecule has 3 amide bonds. The zero-order valence-electron chi connectivity index (χ0n) is 12.2. The fourth-order valence-electron chi connectivity index (χ4n) is 1.78. The van der Waals surface area contributed by atoms with Crippen molar-refractivity contribution in [2.45, 2.75) is 11.4 Å². The number of carbonyl (C=O) groups excluding carboxylic acids is 2. The number of thioether (sulfide) groups is 1. The van der Waals surface area contributed by atoms with Crippen LogP contribution in [-0.4, -0.2) is 17.7 Å². The highest BCUT2D eigenvalue weighted by molar-refractivity contribution is 8.00. The second-order valence-corrected chi connectivity index (χ2v) is 6.19. The van der Waals surface area contributed by atoms with Crippen LogP contribution in [0, 0.1) is 0 Å². The van der Waals surface area contributed by atoms with Crippen LogP contribution in [0.5, 0.6) is 0 Å². The van der Waals surface area contributed by atoms with E-state index < -0.39 is 6.03 Å². The molecule has 0 spiro atoms. The second kappa shape index (κ2) is 8.45. The molecular formula is C16H16ClN3O2S. The van der Waals surface area contributed by atoms with E-state index in [0.717, 1.165) is 10.5 Å². The summed E-state index contributed by atoms with van der Waals surface area (Å²) in [6, 6.07) is 13.8. The predicted molar refractivity (Wildman–Crippen MR) is 93.7 cm³/mol. The van der Waals surface area contributed by atoms with Gasteiger partial charge in [-0.15, -0.1) is 11.8 Å². The number of amides is 3. The van der Waals surface area contributed by atoms with Crippen LogP contribution in [-0.2, 0) is 11.3 Å². The SMILES string of the molecule is NC(=O)Nc1ccc(CNC(=O)CSc2ccc(Cl)cc2)cc1. The molecule has 0 aliphatic carbocycles. The van der Waals surface area contributed by atoms with Crippen molar-refractivity contribution in [2.75, 3.05) is 11.1 Å². The van der Waals surface area contributed by atoms with E-state index in [2.05, 4.69) is 10.6 Å². The lowest BCUT2D eigenvalue weighted by molar-refractivity contribution is -0.118. The highest BCUT2D eigenvalue weighted by atomic mass is 35.5. The first-order valence-electron chi connectivity index (χ1n) is 6.83. The maximum atomic E-state index is 11.8. The van der Waals surface area contributed by atoms with Gasteiger partial charge < -0.3 is 16.4 Å². The molecule has 120 valence electrons. The Balaban J connectivity index is 1.75. The van der Waals surface area contributed by atoms with E-state index in [1.807, 2.05) is 24.3 Å². The Bertz CT molecular complexity index is 675. The maximum Gasteiger partial charge on any atom is 0.316 e. The van der Waals surface area contributed by atoms with Crippen LogP contribution in [0.4, 0.5) is 10.5 Å². The van der Waals surface area contributed by atoms with Crippen molar-refractivity contribution in [3.63, 3.8) is 0 Å². The van der Waals surface area contributed by atoms with Gasteiger partial charge in [-0.05, 0) is 42.0 Å². The second-order valence-electron chi connectivity index (χ2n) is 4.71. The van der Waals surface area contributed by atoms with E-state index in [-0.39, 0.29) is 5.91 Å². The first kappa shape index (κ1) is 17.2. The molecule has 0 unspecified atom stereocenters. The van der Waals surface area contributed by atoms with Crippen molar-refractivity contribution in [1.82, 2.24) is 5.32 Å². The smallest absolute Gasteiger partial charge is 0.316 e. The molecule has 0 aliphatic heterocycles. The van der Waals surface area contributed by atoms with E-state index in [9.17, 15) is 9.59 Å². The standard InChI is InChI=1S/C16H16ClN3O2S/c17-12-3-7-14(8-4-12)23-10-15(21)19-9-11-1-5-13(6-2-11)20-16(18)22/h1-8H,9-10H2,(H,19,21)(H3,18,20,22). The van der Waals surface area contributed by atoms with Gasteiger partial charge in [-0.1, -0.05) is 23.7 Å². The molecule has 0 fully saturated rings. The number of hydrogen-bond acceptors (Lipinski definition) is 3. The highest BCUT2D eigenvalue weighted by Crippen LogP contribution is 2.20. The van der Waals surface area contributed by atoms with Gasteiger partial charge in [0.2, 0.25) is 5.91 Å². The van der Waals surface area contributed by atoms with Crippen molar-refractivity contribution in [3.05, 3.63) is 59.1 Å². The quantitative estimate of drug-likeness (QED) is 0.700. The Morgan fingerprint density at radius 3 is 2.30 bits per heavy atom. The first-order valence-corrected chi connectivity index (χ1v) is 8.20. The van der Waals surface area contributed by atoms with Gasteiger partial charge in [0.1, 0.15) is 0 Å². The van der Waals surface area contributed by atoms with Crippen LogP contribution in [0.1, 0.15) is 5.56 Å². The summed E-state index contributed by atoms with van der Waals surface area (Å²) in [6.45, 7) is 0.427. The number of anilines is 1. The third kappa shape index (κ3) is 6.22. The van der Waals surface area contributed by atoms with Gasteiger partial charge in [-0.25, -0.2) is 4.79 Å². The molecule has 2 rings (SSSR count). The molecule has 5 nitrogen and oxygen atoms in total. The van der Waals surface area contributed by atoms with Crippen molar-refractivity contribution in [1.29, 1.82) is 0 Å². The zero-order valence-corrected chi connectivity index (χ0v) is 13.8. The predicted octanol–water partition coefficient (Wildman–Crippen LogP) is 3.24. The summed E-state index contributed by atoms with van der Waals surface area (Å²) >= 11 is 7.26. The summed E-state index contributed by atoms with van der Waals surface area (Å²) in [5.74, 6) is 0.285. The van der Waals surface area contributed by atoms with Gasteiger partial charge in [0.15, 0.2) is 0 Å². The molecule has 0 aliphatic rings. The number of hydrogen-bond donors (Lipinski definition) is 3. The summed E-state index contributed by atoms with van der Waals surface area (Å²) in [6.07, 6.45) is 0. The molecular weight excluding hydrogens is 334 g/mol.